The molecule has 0 fully saturated rings. The van der Waals surface area contributed by atoms with E-state index in [2.05, 4.69) is 6.92 Å². The van der Waals surface area contributed by atoms with Crippen LogP contribution in [0.1, 0.15) is 50.7 Å². The van der Waals surface area contributed by atoms with Crippen LogP contribution in [0.5, 0.6) is 11.5 Å². The molecule has 4 rings (SSSR count). The van der Waals surface area contributed by atoms with Gasteiger partial charge in [0.15, 0.2) is 23.2 Å². The zero-order valence-electron chi connectivity index (χ0n) is 22.7. The molecule has 0 spiro atoms. The molecule has 0 aromatic heterocycles. The summed E-state index contributed by atoms with van der Waals surface area (Å²) in [5.41, 5.74) is 2.10. The molecular formula is C34H32F4O2. The summed E-state index contributed by atoms with van der Waals surface area (Å²) in [6.07, 6.45) is 6.69. The van der Waals surface area contributed by atoms with Crippen molar-refractivity contribution in [3.63, 3.8) is 0 Å². The number of rotatable bonds is 12. The lowest BCUT2D eigenvalue weighted by atomic mass is 9.98. The Morgan fingerprint density at radius 3 is 1.68 bits per heavy atom. The molecule has 6 heteroatoms. The van der Waals surface area contributed by atoms with Crippen LogP contribution in [-0.4, -0.2) is 13.2 Å². The molecule has 0 bridgehead atoms. The van der Waals surface area contributed by atoms with Crippen molar-refractivity contribution < 1.29 is 27.0 Å². The van der Waals surface area contributed by atoms with E-state index in [1.807, 2.05) is 6.92 Å². The zero-order valence-corrected chi connectivity index (χ0v) is 22.7. The lowest BCUT2D eigenvalue weighted by Gasteiger charge is -2.11. The Morgan fingerprint density at radius 1 is 0.550 bits per heavy atom. The van der Waals surface area contributed by atoms with Crippen LogP contribution >= 0.6 is 0 Å². The number of benzene rings is 4. The summed E-state index contributed by atoms with van der Waals surface area (Å²) >= 11 is 0. The maximum Gasteiger partial charge on any atom is 0.201 e. The highest BCUT2D eigenvalue weighted by Gasteiger charge is 2.16. The highest BCUT2D eigenvalue weighted by molar-refractivity contribution is 5.75. The second-order valence-electron chi connectivity index (χ2n) is 9.45. The topological polar surface area (TPSA) is 18.5 Å². The predicted molar refractivity (Wildman–Crippen MR) is 153 cm³/mol. The highest BCUT2D eigenvalue weighted by atomic mass is 19.2. The molecule has 0 N–H and O–H groups in total. The van der Waals surface area contributed by atoms with Crippen molar-refractivity contribution in [2.45, 2.75) is 39.5 Å². The van der Waals surface area contributed by atoms with Gasteiger partial charge in [0.25, 0.3) is 0 Å². The van der Waals surface area contributed by atoms with Gasteiger partial charge in [-0.05, 0) is 53.8 Å². The third-order valence-corrected chi connectivity index (χ3v) is 6.52. The lowest BCUT2D eigenvalue weighted by molar-refractivity contribution is 0.288. The van der Waals surface area contributed by atoms with E-state index < -0.39 is 23.3 Å². The smallest absolute Gasteiger partial charge is 0.201 e. The van der Waals surface area contributed by atoms with E-state index in [1.54, 1.807) is 66.7 Å². The van der Waals surface area contributed by atoms with Crippen LogP contribution in [0, 0.1) is 23.3 Å². The molecule has 4 aromatic carbocycles. The number of ether oxygens (including phenoxy) is 2. The Labute approximate surface area is 232 Å². The summed E-state index contributed by atoms with van der Waals surface area (Å²) in [7, 11) is 0. The standard InChI is InChI=1S/C34H32F4O2/c1-3-5-21-39-27-16-13-25(14-17-27)29-19-18-28(32(36)33(29)37)24-10-7-23(8-11-24)9-12-26-15-20-30(34(38)31(26)35)40-22-6-4-2/h7-20H,3-6,21-22H2,1-2H3/b12-9+. The Balaban J connectivity index is 1.47. The molecule has 0 aliphatic heterocycles. The molecule has 0 radical (unpaired) electrons. The SMILES string of the molecule is CCCCOc1ccc(-c2ccc(-c3ccc(/C=C/c4ccc(OCCCC)c(F)c4F)cc3)c(F)c2F)cc1. The number of halogens is 4. The average molecular weight is 549 g/mol. The number of hydrogen-bond donors (Lipinski definition) is 0. The van der Waals surface area contributed by atoms with Gasteiger partial charge in [-0.25, -0.2) is 13.2 Å². The Kier molecular flexibility index (Phi) is 10.0. The maximum atomic E-state index is 15.1. The van der Waals surface area contributed by atoms with E-state index in [9.17, 15) is 8.78 Å². The molecule has 0 saturated carbocycles. The fourth-order valence-electron chi connectivity index (χ4n) is 4.13. The van der Waals surface area contributed by atoms with E-state index in [0.29, 0.717) is 35.7 Å². The molecule has 40 heavy (non-hydrogen) atoms. The van der Waals surface area contributed by atoms with Gasteiger partial charge in [0.2, 0.25) is 5.82 Å². The fraction of sp³-hybridized carbons (Fsp3) is 0.235. The quantitative estimate of drug-likeness (QED) is 0.0996. The van der Waals surface area contributed by atoms with E-state index in [4.69, 9.17) is 9.47 Å². The Morgan fingerprint density at radius 2 is 1.10 bits per heavy atom. The van der Waals surface area contributed by atoms with E-state index in [-0.39, 0.29) is 22.4 Å². The molecule has 0 amide bonds. The van der Waals surface area contributed by atoms with Gasteiger partial charge in [-0.15, -0.1) is 0 Å². The van der Waals surface area contributed by atoms with Crippen LogP contribution in [0.3, 0.4) is 0 Å². The highest BCUT2D eigenvalue weighted by Crippen LogP contribution is 2.33. The van der Waals surface area contributed by atoms with E-state index in [0.717, 1.165) is 25.7 Å². The number of hydrogen-bond acceptors (Lipinski definition) is 2. The first-order chi connectivity index (χ1) is 19.4. The normalized spacial score (nSPS) is 11.2. The van der Waals surface area contributed by atoms with Crippen molar-refractivity contribution in [3.8, 4) is 33.8 Å². The molecule has 0 atom stereocenters. The summed E-state index contributed by atoms with van der Waals surface area (Å²) in [5, 5.41) is 0. The largest absolute Gasteiger partial charge is 0.494 e. The van der Waals surface area contributed by atoms with Crippen molar-refractivity contribution in [1.82, 2.24) is 0 Å². The van der Waals surface area contributed by atoms with Crippen molar-refractivity contribution in [2.24, 2.45) is 0 Å². The predicted octanol–water partition coefficient (Wildman–Crippen LogP) is 10.1. The minimum Gasteiger partial charge on any atom is -0.494 e. The van der Waals surface area contributed by atoms with Crippen LogP contribution in [0.4, 0.5) is 17.6 Å². The van der Waals surface area contributed by atoms with Crippen LogP contribution in [0.15, 0.2) is 72.8 Å². The van der Waals surface area contributed by atoms with Gasteiger partial charge >= 0.3 is 0 Å². The average Bonchev–Trinajstić information content (AvgIpc) is 2.97. The van der Waals surface area contributed by atoms with Gasteiger partial charge in [0.1, 0.15) is 5.75 Å². The summed E-state index contributed by atoms with van der Waals surface area (Å²) in [6, 6.07) is 19.6. The fourth-order valence-corrected chi connectivity index (χ4v) is 4.13. The first kappa shape index (κ1) is 28.9. The van der Waals surface area contributed by atoms with Gasteiger partial charge in [0.05, 0.1) is 13.2 Å². The number of unbranched alkanes of at least 4 members (excludes halogenated alkanes) is 2. The third kappa shape index (κ3) is 6.92. The van der Waals surface area contributed by atoms with Gasteiger partial charge in [-0.2, -0.15) is 4.39 Å². The Hall–Kier alpha value is -4.06. The summed E-state index contributed by atoms with van der Waals surface area (Å²) in [5.74, 6) is -3.31. The van der Waals surface area contributed by atoms with Crippen LogP contribution < -0.4 is 9.47 Å². The molecule has 0 heterocycles. The van der Waals surface area contributed by atoms with Crippen LogP contribution in [-0.2, 0) is 0 Å². The zero-order chi connectivity index (χ0) is 28.5. The summed E-state index contributed by atoms with van der Waals surface area (Å²) in [4.78, 5) is 0. The minimum absolute atomic E-state index is 0.0775. The second-order valence-corrected chi connectivity index (χ2v) is 9.45. The van der Waals surface area contributed by atoms with E-state index >= 15 is 8.78 Å². The van der Waals surface area contributed by atoms with Crippen molar-refractivity contribution in [1.29, 1.82) is 0 Å². The third-order valence-electron chi connectivity index (χ3n) is 6.52. The van der Waals surface area contributed by atoms with Gasteiger partial charge in [-0.1, -0.05) is 87.4 Å². The second kappa shape index (κ2) is 13.8. The Bertz CT molecular complexity index is 1440. The molecule has 4 aromatic rings. The molecule has 0 unspecified atom stereocenters. The van der Waals surface area contributed by atoms with Crippen molar-refractivity contribution >= 4 is 12.2 Å². The minimum atomic E-state index is -1.02. The first-order valence-electron chi connectivity index (χ1n) is 13.5. The lowest BCUT2D eigenvalue weighted by Crippen LogP contribution is -2.01. The van der Waals surface area contributed by atoms with Crippen molar-refractivity contribution in [3.05, 3.63) is 107 Å². The van der Waals surface area contributed by atoms with Crippen LogP contribution in [0.2, 0.25) is 0 Å². The molecule has 0 aliphatic carbocycles. The molecule has 0 aliphatic rings. The molecule has 208 valence electrons. The maximum absolute atomic E-state index is 15.1. The van der Waals surface area contributed by atoms with Gasteiger partial charge in [0, 0.05) is 16.7 Å². The molecule has 0 saturated heterocycles. The summed E-state index contributed by atoms with van der Waals surface area (Å²) in [6.45, 7) is 5.00. The van der Waals surface area contributed by atoms with Crippen LogP contribution in [0.25, 0.3) is 34.4 Å². The van der Waals surface area contributed by atoms with E-state index in [1.165, 1.54) is 18.2 Å². The van der Waals surface area contributed by atoms with Gasteiger partial charge < -0.3 is 9.47 Å². The molecule has 2 nitrogen and oxygen atoms in total. The molecular weight excluding hydrogens is 516 g/mol. The van der Waals surface area contributed by atoms with Crippen molar-refractivity contribution in [2.75, 3.05) is 13.2 Å². The first-order valence-corrected chi connectivity index (χ1v) is 13.5. The van der Waals surface area contributed by atoms with Gasteiger partial charge in [-0.3, -0.25) is 0 Å². The monoisotopic (exact) mass is 548 g/mol. The summed E-state index contributed by atoms with van der Waals surface area (Å²) < 4.78 is 69.9.